The molecule has 0 bridgehead atoms. The molecule has 1 N–H and O–H groups in total. The highest BCUT2D eigenvalue weighted by atomic mass is 16.5. The van der Waals surface area contributed by atoms with Crippen LogP contribution in [0, 0.1) is 0 Å². The van der Waals surface area contributed by atoms with E-state index in [0.29, 0.717) is 12.6 Å². The third kappa shape index (κ3) is 6.29. The van der Waals surface area contributed by atoms with Gasteiger partial charge in [-0.25, -0.2) is 0 Å². The molecule has 0 fully saturated rings. The van der Waals surface area contributed by atoms with Gasteiger partial charge in [0.1, 0.15) is 5.75 Å². The van der Waals surface area contributed by atoms with Crippen LogP contribution in [0.1, 0.15) is 25.8 Å². The van der Waals surface area contributed by atoms with Crippen LogP contribution in [0.25, 0.3) is 0 Å². The number of benzene rings is 1. The molecule has 96 valence electrons. The molecule has 0 saturated heterocycles. The van der Waals surface area contributed by atoms with Gasteiger partial charge in [-0.3, -0.25) is 0 Å². The van der Waals surface area contributed by atoms with Crippen LogP contribution in [0.5, 0.6) is 5.75 Å². The van der Waals surface area contributed by atoms with Gasteiger partial charge in [-0.15, -0.1) is 0 Å². The molecule has 0 aromatic heterocycles. The first-order valence-electron chi connectivity index (χ1n) is 6.16. The standard InChI is InChI=1S/C14H23NO2/c1-12(2)15-9-4-10-17-11-13-5-7-14(16-3)8-6-13/h5-8,12,15H,4,9-11H2,1-3H3. The van der Waals surface area contributed by atoms with Crippen LogP contribution in [0.15, 0.2) is 24.3 Å². The number of rotatable bonds is 8. The zero-order valence-corrected chi connectivity index (χ0v) is 11.0. The molecule has 0 radical (unpaired) electrons. The van der Waals surface area contributed by atoms with Gasteiger partial charge in [0.05, 0.1) is 13.7 Å². The minimum absolute atomic E-state index is 0.552. The summed E-state index contributed by atoms with van der Waals surface area (Å²) in [6, 6.07) is 8.53. The Morgan fingerprint density at radius 1 is 1.18 bits per heavy atom. The van der Waals surface area contributed by atoms with E-state index in [1.165, 1.54) is 5.56 Å². The summed E-state index contributed by atoms with van der Waals surface area (Å²) in [7, 11) is 1.67. The first-order valence-corrected chi connectivity index (χ1v) is 6.16. The molecular weight excluding hydrogens is 214 g/mol. The van der Waals surface area contributed by atoms with Gasteiger partial charge in [0, 0.05) is 12.6 Å². The van der Waals surface area contributed by atoms with E-state index < -0.39 is 0 Å². The number of hydrogen-bond donors (Lipinski definition) is 1. The van der Waals surface area contributed by atoms with Crippen LogP contribution < -0.4 is 10.1 Å². The lowest BCUT2D eigenvalue weighted by atomic mass is 10.2. The average Bonchev–Trinajstić information content (AvgIpc) is 2.34. The lowest BCUT2D eigenvalue weighted by molar-refractivity contribution is 0.118. The van der Waals surface area contributed by atoms with E-state index in [-0.39, 0.29) is 0 Å². The fourth-order valence-corrected chi connectivity index (χ4v) is 1.48. The molecule has 0 spiro atoms. The second kappa shape index (κ2) is 8.09. The van der Waals surface area contributed by atoms with Crippen molar-refractivity contribution in [2.75, 3.05) is 20.3 Å². The smallest absolute Gasteiger partial charge is 0.118 e. The van der Waals surface area contributed by atoms with Crippen molar-refractivity contribution in [3.63, 3.8) is 0 Å². The third-order valence-corrected chi connectivity index (χ3v) is 2.45. The van der Waals surface area contributed by atoms with Gasteiger partial charge in [0.2, 0.25) is 0 Å². The van der Waals surface area contributed by atoms with E-state index in [0.717, 1.165) is 25.3 Å². The van der Waals surface area contributed by atoms with Crippen molar-refractivity contribution in [3.05, 3.63) is 29.8 Å². The fourth-order valence-electron chi connectivity index (χ4n) is 1.48. The van der Waals surface area contributed by atoms with E-state index in [9.17, 15) is 0 Å². The number of nitrogens with one attached hydrogen (secondary N) is 1. The Morgan fingerprint density at radius 3 is 2.47 bits per heavy atom. The van der Waals surface area contributed by atoms with Gasteiger partial charge in [-0.1, -0.05) is 26.0 Å². The summed E-state index contributed by atoms with van der Waals surface area (Å²) in [6.45, 7) is 6.79. The molecule has 0 heterocycles. The van der Waals surface area contributed by atoms with E-state index in [4.69, 9.17) is 9.47 Å². The van der Waals surface area contributed by atoms with Crippen LogP contribution in [0.2, 0.25) is 0 Å². The summed E-state index contributed by atoms with van der Waals surface area (Å²) in [5, 5.41) is 3.36. The first-order chi connectivity index (χ1) is 8.22. The van der Waals surface area contributed by atoms with Crippen LogP contribution >= 0.6 is 0 Å². The van der Waals surface area contributed by atoms with E-state index in [2.05, 4.69) is 19.2 Å². The molecule has 1 aromatic carbocycles. The minimum Gasteiger partial charge on any atom is -0.497 e. The van der Waals surface area contributed by atoms with Crippen molar-refractivity contribution in [1.82, 2.24) is 5.32 Å². The number of hydrogen-bond acceptors (Lipinski definition) is 3. The molecule has 0 saturated carbocycles. The highest BCUT2D eigenvalue weighted by Crippen LogP contribution is 2.11. The van der Waals surface area contributed by atoms with Crippen LogP contribution in [0.4, 0.5) is 0 Å². The minimum atomic E-state index is 0.552. The molecule has 3 heteroatoms. The molecule has 0 aliphatic rings. The zero-order valence-electron chi connectivity index (χ0n) is 11.0. The van der Waals surface area contributed by atoms with Gasteiger partial charge in [0.25, 0.3) is 0 Å². The summed E-state index contributed by atoms with van der Waals surface area (Å²) in [6.07, 6.45) is 1.05. The zero-order chi connectivity index (χ0) is 12.5. The summed E-state index contributed by atoms with van der Waals surface area (Å²) < 4.78 is 10.7. The molecule has 0 aliphatic heterocycles. The second-order valence-electron chi connectivity index (χ2n) is 4.36. The molecule has 17 heavy (non-hydrogen) atoms. The molecular formula is C14H23NO2. The average molecular weight is 237 g/mol. The second-order valence-corrected chi connectivity index (χ2v) is 4.36. The molecule has 0 unspecified atom stereocenters. The van der Waals surface area contributed by atoms with Gasteiger partial charge >= 0.3 is 0 Å². The Bertz CT molecular complexity index is 296. The van der Waals surface area contributed by atoms with Crippen molar-refractivity contribution >= 4 is 0 Å². The van der Waals surface area contributed by atoms with Crippen molar-refractivity contribution in [2.24, 2.45) is 0 Å². The summed E-state index contributed by atoms with van der Waals surface area (Å²) >= 11 is 0. The quantitative estimate of drug-likeness (QED) is 0.705. The maximum Gasteiger partial charge on any atom is 0.118 e. The Labute approximate surface area is 104 Å². The van der Waals surface area contributed by atoms with Gasteiger partial charge < -0.3 is 14.8 Å². The van der Waals surface area contributed by atoms with Crippen LogP contribution in [-0.2, 0) is 11.3 Å². The van der Waals surface area contributed by atoms with Crippen molar-refractivity contribution in [1.29, 1.82) is 0 Å². The Kier molecular flexibility index (Phi) is 6.67. The predicted octanol–water partition coefficient (Wildman–Crippen LogP) is 2.60. The van der Waals surface area contributed by atoms with Crippen molar-refractivity contribution in [3.8, 4) is 5.75 Å². The van der Waals surface area contributed by atoms with Crippen LogP contribution in [-0.4, -0.2) is 26.3 Å². The molecule has 1 aromatic rings. The highest BCUT2D eigenvalue weighted by molar-refractivity contribution is 5.26. The van der Waals surface area contributed by atoms with E-state index >= 15 is 0 Å². The maximum absolute atomic E-state index is 5.59. The van der Waals surface area contributed by atoms with Gasteiger partial charge in [-0.2, -0.15) is 0 Å². The molecule has 0 aliphatic carbocycles. The first kappa shape index (κ1) is 14.0. The molecule has 0 amide bonds. The lowest BCUT2D eigenvalue weighted by Crippen LogP contribution is -2.24. The SMILES string of the molecule is COc1ccc(COCCCNC(C)C)cc1. The molecule has 0 atom stereocenters. The Hall–Kier alpha value is -1.06. The summed E-state index contributed by atoms with van der Waals surface area (Å²) in [4.78, 5) is 0. The van der Waals surface area contributed by atoms with E-state index in [1.807, 2.05) is 24.3 Å². The fraction of sp³-hybridized carbons (Fsp3) is 0.571. The number of ether oxygens (including phenoxy) is 2. The van der Waals surface area contributed by atoms with Crippen molar-refractivity contribution < 1.29 is 9.47 Å². The van der Waals surface area contributed by atoms with Gasteiger partial charge in [-0.05, 0) is 30.7 Å². The Morgan fingerprint density at radius 2 is 1.88 bits per heavy atom. The number of methoxy groups -OCH3 is 1. The Balaban J connectivity index is 2.09. The molecule has 1 rings (SSSR count). The largest absolute Gasteiger partial charge is 0.497 e. The third-order valence-electron chi connectivity index (χ3n) is 2.45. The lowest BCUT2D eigenvalue weighted by Gasteiger charge is -2.08. The topological polar surface area (TPSA) is 30.5 Å². The normalized spacial score (nSPS) is 10.8. The monoisotopic (exact) mass is 237 g/mol. The van der Waals surface area contributed by atoms with Crippen molar-refractivity contribution in [2.45, 2.75) is 32.9 Å². The van der Waals surface area contributed by atoms with Crippen LogP contribution in [0.3, 0.4) is 0 Å². The highest BCUT2D eigenvalue weighted by Gasteiger charge is 1.95. The van der Waals surface area contributed by atoms with E-state index in [1.54, 1.807) is 7.11 Å². The predicted molar refractivity (Wildman–Crippen MR) is 70.4 cm³/mol. The summed E-state index contributed by atoms with van der Waals surface area (Å²) in [5.41, 5.74) is 1.18. The summed E-state index contributed by atoms with van der Waals surface area (Å²) in [5.74, 6) is 0.884. The van der Waals surface area contributed by atoms with Gasteiger partial charge in [0.15, 0.2) is 0 Å². The molecule has 3 nitrogen and oxygen atoms in total. The maximum atomic E-state index is 5.59.